The molecule has 1 N–H and O–H groups in total. The summed E-state index contributed by atoms with van der Waals surface area (Å²) in [6.07, 6.45) is 0.230. The van der Waals surface area contributed by atoms with E-state index in [0.29, 0.717) is 59.5 Å². The molecule has 0 aliphatic carbocycles. The van der Waals surface area contributed by atoms with Gasteiger partial charge in [-0.3, -0.25) is 0 Å². The van der Waals surface area contributed by atoms with Gasteiger partial charge in [-0.15, -0.1) is 0 Å². The minimum atomic E-state index is -0.984. The van der Waals surface area contributed by atoms with E-state index >= 15 is 0 Å². The Balaban J connectivity index is 2.99. The quantitative estimate of drug-likeness (QED) is 0.363. The van der Waals surface area contributed by atoms with Crippen LogP contribution in [0.5, 0.6) is 0 Å². The number of aliphatic carboxylic acids is 1. The molecule has 0 rings (SSSR count). The zero-order valence-electron chi connectivity index (χ0n) is 14.2. The standard InChI is InChI=1S/C15H30O8/c1-14(2)23-12-11-21-8-7-19-4-3-18-5-6-20-9-10-22-13-15(16)17/h14H,3-13H2,1-2H3,(H,16,17). The van der Waals surface area contributed by atoms with Gasteiger partial charge in [-0.05, 0) is 13.8 Å². The smallest absolute Gasteiger partial charge is 0.329 e. The number of carbonyl (C=O) groups is 1. The van der Waals surface area contributed by atoms with Crippen molar-refractivity contribution in [1.29, 1.82) is 0 Å². The zero-order chi connectivity index (χ0) is 17.2. The van der Waals surface area contributed by atoms with Crippen LogP contribution < -0.4 is 0 Å². The molecule has 0 saturated carbocycles. The number of carboxylic acid groups (broad SMARTS) is 1. The lowest BCUT2D eigenvalue weighted by molar-refractivity contribution is -0.142. The first kappa shape index (κ1) is 22.2. The zero-order valence-corrected chi connectivity index (χ0v) is 14.2. The van der Waals surface area contributed by atoms with Gasteiger partial charge in [0.2, 0.25) is 0 Å². The van der Waals surface area contributed by atoms with Crippen molar-refractivity contribution < 1.29 is 38.3 Å². The largest absolute Gasteiger partial charge is 0.480 e. The Morgan fingerprint density at radius 1 is 0.696 bits per heavy atom. The van der Waals surface area contributed by atoms with Crippen molar-refractivity contribution in [2.75, 3.05) is 72.7 Å². The molecule has 0 aliphatic heterocycles. The molecular formula is C15H30O8. The highest BCUT2D eigenvalue weighted by Gasteiger charge is 1.96. The third-order valence-electron chi connectivity index (χ3n) is 2.39. The average molecular weight is 338 g/mol. The Morgan fingerprint density at radius 2 is 1.04 bits per heavy atom. The Kier molecular flexibility index (Phi) is 17.0. The molecule has 0 heterocycles. The van der Waals surface area contributed by atoms with Crippen LogP contribution in [0.4, 0.5) is 0 Å². The second kappa shape index (κ2) is 17.6. The summed E-state index contributed by atoms with van der Waals surface area (Å²) >= 11 is 0. The van der Waals surface area contributed by atoms with E-state index in [1.165, 1.54) is 0 Å². The third kappa shape index (κ3) is 21.2. The van der Waals surface area contributed by atoms with E-state index in [4.69, 9.17) is 33.5 Å². The molecule has 0 amide bonds. The SMILES string of the molecule is CC(C)OCCOCCOCCOCCOCCOCC(=O)O. The Labute approximate surface area is 137 Å². The van der Waals surface area contributed by atoms with Gasteiger partial charge in [0.05, 0.1) is 72.2 Å². The summed E-state index contributed by atoms with van der Waals surface area (Å²) < 4.78 is 31.3. The van der Waals surface area contributed by atoms with Gasteiger partial charge < -0.3 is 33.5 Å². The predicted molar refractivity (Wildman–Crippen MR) is 82.8 cm³/mol. The van der Waals surface area contributed by atoms with Crippen LogP contribution in [0.1, 0.15) is 13.8 Å². The fourth-order valence-electron chi connectivity index (χ4n) is 1.38. The maximum Gasteiger partial charge on any atom is 0.329 e. The van der Waals surface area contributed by atoms with E-state index in [-0.39, 0.29) is 19.3 Å². The summed E-state index contributed by atoms with van der Waals surface area (Å²) in [6.45, 7) is 8.44. The van der Waals surface area contributed by atoms with Crippen molar-refractivity contribution in [3.05, 3.63) is 0 Å². The van der Waals surface area contributed by atoms with Gasteiger partial charge in [-0.1, -0.05) is 0 Å². The first-order valence-electron chi connectivity index (χ1n) is 7.85. The van der Waals surface area contributed by atoms with Gasteiger partial charge in [0, 0.05) is 0 Å². The van der Waals surface area contributed by atoms with Gasteiger partial charge in [0.25, 0.3) is 0 Å². The van der Waals surface area contributed by atoms with Crippen LogP contribution in [-0.4, -0.2) is 89.9 Å². The van der Waals surface area contributed by atoms with Gasteiger partial charge in [-0.2, -0.15) is 0 Å². The molecule has 8 nitrogen and oxygen atoms in total. The van der Waals surface area contributed by atoms with Crippen molar-refractivity contribution in [2.24, 2.45) is 0 Å². The fraction of sp³-hybridized carbons (Fsp3) is 0.933. The highest BCUT2D eigenvalue weighted by Crippen LogP contribution is 1.88. The minimum Gasteiger partial charge on any atom is -0.480 e. The third-order valence-corrected chi connectivity index (χ3v) is 2.39. The van der Waals surface area contributed by atoms with E-state index in [1.807, 2.05) is 13.8 Å². The van der Waals surface area contributed by atoms with Gasteiger partial charge in [0.1, 0.15) is 6.61 Å². The molecule has 138 valence electrons. The molecular weight excluding hydrogens is 308 g/mol. The highest BCUT2D eigenvalue weighted by atomic mass is 16.6. The monoisotopic (exact) mass is 338 g/mol. The second-order valence-electron chi connectivity index (χ2n) is 4.82. The Hall–Kier alpha value is -0.770. The number of hydrogen-bond acceptors (Lipinski definition) is 7. The highest BCUT2D eigenvalue weighted by molar-refractivity contribution is 5.67. The van der Waals surface area contributed by atoms with Crippen LogP contribution in [0, 0.1) is 0 Å². The summed E-state index contributed by atoms with van der Waals surface area (Å²) in [4.78, 5) is 10.2. The van der Waals surface area contributed by atoms with Gasteiger partial charge in [-0.25, -0.2) is 4.79 Å². The molecule has 8 heteroatoms. The number of rotatable bonds is 18. The van der Waals surface area contributed by atoms with Crippen LogP contribution in [0.25, 0.3) is 0 Å². The van der Waals surface area contributed by atoms with Crippen LogP contribution >= 0.6 is 0 Å². The first-order chi connectivity index (χ1) is 11.1. The van der Waals surface area contributed by atoms with Crippen molar-refractivity contribution in [3.8, 4) is 0 Å². The maximum absolute atomic E-state index is 10.2. The van der Waals surface area contributed by atoms with Crippen LogP contribution in [-0.2, 0) is 33.2 Å². The molecule has 0 aromatic rings. The minimum absolute atomic E-state index is 0.230. The van der Waals surface area contributed by atoms with E-state index in [2.05, 4.69) is 0 Å². The summed E-state index contributed by atoms with van der Waals surface area (Å²) in [5.74, 6) is -0.984. The number of carboxylic acids is 1. The molecule has 0 saturated heterocycles. The van der Waals surface area contributed by atoms with E-state index in [0.717, 1.165) is 0 Å². The second-order valence-corrected chi connectivity index (χ2v) is 4.82. The number of hydrogen-bond donors (Lipinski definition) is 1. The molecule has 0 spiro atoms. The number of ether oxygens (including phenoxy) is 6. The molecule has 23 heavy (non-hydrogen) atoms. The summed E-state index contributed by atoms with van der Waals surface area (Å²) in [6, 6.07) is 0. The van der Waals surface area contributed by atoms with Gasteiger partial charge >= 0.3 is 5.97 Å². The van der Waals surface area contributed by atoms with Crippen molar-refractivity contribution in [2.45, 2.75) is 20.0 Å². The molecule has 0 fully saturated rings. The van der Waals surface area contributed by atoms with E-state index < -0.39 is 5.97 Å². The first-order valence-corrected chi connectivity index (χ1v) is 7.85. The lowest BCUT2D eigenvalue weighted by atomic mass is 10.5. The average Bonchev–Trinajstić information content (AvgIpc) is 2.49. The Morgan fingerprint density at radius 3 is 1.39 bits per heavy atom. The van der Waals surface area contributed by atoms with Gasteiger partial charge in [0.15, 0.2) is 0 Å². The lowest BCUT2D eigenvalue weighted by Crippen LogP contribution is -2.15. The van der Waals surface area contributed by atoms with Crippen molar-refractivity contribution in [1.82, 2.24) is 0 Å². The van der Waals surface area contributed by atoms with Crippen LogP contribution in [0.3, 0.4) is 0 Å². The molecule has 0 unspecified atom stereocenters. The lowest BCUT2D eigenvalue weighted by Gasteiger charge is -2.09. The van der Waals surface area contributed by atoms with Crippen molar-refractivity contribution in [3.63, 3.8) is 0 Å². The Bertz CT molecular complexity index is 260. The van der Waals surface area contributed by atoms with Crippen LogP contribution in [0.15, 0.2) is 0 Å². The molecule has 0 aromatic heterocycles. The fourth-order valence-corrected chi connectivity index (χ4v) is 1.38. The topological polar surface area (TPSA) is 92.7 Å². The van der Waals surface area contributed by atoms with E-state index in [1.54, 1.807) is 0 Å². The molecule has 0 atom stereocenters. The van der Waals surface area contributed by atoms with E-state index in [9.17, 15) is 4.79 Å². The maximum atomic E-state index is 10.2. The normalized spacial score (nSPS) is 11.3. The summed E-state index contributed by atoms with van der Waals surface area (Å²) in [7, 11) is 0. The van der Waals surface area contributed by atoms with Crippen LogP contribution in [0.2, 0.25) is 0 Å². The molecule has 0 aliphatic rings. The molecule has 0 radical (unpaired) electrons. The summed E-state index contributed by atoms with van der Waals surface area (Å²) in [5, 5.41) is 8.34. The molecule has 0 aromatic carbocycles. The van der Waals surface area contributed by atoms with Crippen molar-refractivity contribution >= 4 is 5.97 Å². The predicted octanol–water partition coefficient (Wildman–Crippen LogP) is 0.579. The summed E-state index contributed by atoms with van der Waals surface area (Å²) in [5.41, 5.74) is 0. The molecule has 0 bridgehead atoms.